The van der Waals surface area contributed by atoms with E-state index in [4.69, 9.17) is 4.74 Å². The number of nitrogens with one attached hydrogen (secondary N) is 2. The van der Waals surface area contributed by atoms with E-state index in [2.05, 4.69) is 10.6 Å². The van der Waals surface area contributed by atoms with Crippen LogP contribution in [-0.4, -0.2) is 29.6 Å². The second-order valence-corrected chi connectivity index (χ2v) is 6.18. The van der Waals surface area contributed by atoms with Gasteiger partial charge in [0.2, 0.25) is 11.8 Å². The molecule has 0 unspecified atom stereocenters. The Bertz CT molecular complexity index is 549. The number of alkyl carbamates (subject to hydrolysis) is 1. The number of benzene rings is 1. The van der Waals surface area contributed by atoms with Gasteiger partial charge in [-0.1, -0.05) is 37.3 Å². The Morgan fingerprint density at radius 1 is 1.13 bits per heavy atom. The molecule has 2 N–H and O–H groups in total. The van der Waals surface area contributed by atoms with Gasteiger partial charge in [-0.05, 0) is 32.8 Å². The Balaban J connectivity index is 2.53. The van der Waals surface area contributed by atoms with E-state index in [0.717, 1.165) is 5.56 Å². The Kier molecular flexibility index (Phi) is 6.75. The third-order valence-corrected chi connectivity index (χ3v) is 2.89. The Labute approximate surface area is 136 Å². The van der Waals surface area contributed by atoms with E-state index in [0.29, 0.717) is 6.42 Å². The number of imide groups is 1. The number of carbonyl (C=O) groups excluding carboxylic acids is 3. The predicted molar refractivity (Wildman–Crippen MR) is 86.7 cm³/mol. The quantitative estimate of drug-likeness (QED) is 0.871. The van der Waals surface area contributed by atoms with Gasteiger partial charge in [0.1, 0.15) is 11.6 Å². The summed E-state index contributed by atoms with van der Waals surface area (Å²) >= 11 is 0. The molecule has 6 nitrogen and oxygen atoms in total. The van der Waals surface area contributed by atoms with Gasteiger partial charge >= 0.3 is 6.09 Å². The Hall–Kier alpha value is -2.37. The van der Waals surface area contributed by atoms with Crippen LogP contribution in [0.2, 0.25) is 0 Å². The van der Waals surface area contributed by atoms with E-state index in [-0.39, 0.29) is 6.42 Å². The highest BCUT2D eigenvalue weighted by Crippen LogP contribution is 2.07. The van der Waals surface area contributed by atoms with Crippen LogP contribution in [0, 0.1) is 0 Å². The van der Waals surface area contributed by atoms with E-state index < -0.39 is 29.6 Å². The lowest BCUT2D eigenvalue weighted by atomic mass is 10.1. The monoisotopic (exact) mass is 320 g/mol. The molecule has 0 heterocycles. The number of rotatable bonds is 5. The molecule has 0 aromatic heterocycles. The van der Waals surface area contributed by atoms with Gasteiger partial charge in [-0.15, -0.1) is 0 Å². The molecule has 23 heavy (non-hydrogen) atoms. The molecule has 0 saturated carbocycles. The van der Waals surface area contributed by atoms with Crippen molar-refractivity contribution in [1.82, 2.24) is 10.6 Å². The maximum absolute atomic E-state index is 12.1. The summed E-state index contributed by atoms with van der Waals surface area (Å²) < 4.78 is 5.11. The van der Waals surface area contributed by atoms with Crippen molar-refractivity contribution in [3.63, 3.8) is 0 Å². The summed E-state index contributed by atoms with van der Waals surface area (Å²) in [5, 5.41) is 4.77. The van der Waals surface area contributed by atoms with Crippen LogP contribution in [-0.2, 0) is 20.7 Å². The standard InChI is InChI=1S/C17H24N2O4/c1-5-13(18-16(22)23-17(2,3)4)15(21)19-14(20)11-12-9-7-6-8-10-12/h6-10,13H,5,11H2,1-4H3,(H,18,22)(H,19,20,21)/t13-/m0/s1. The molecule has 3 amide bonds. The van der Waals surface area contributed by atoms with E-state index in [9.17, 15) is 14.4 Å². The van der Waals surface area contributed by atoms with Crippen LogP contribution in [0.1, 0.15) is 39.7 Å². The summed E-state index contributed by atoms with van der Waals surface area (Å²) in [6.07, 6.45) is -0.228. The average Bonchev–Trinajstić information content (AvgIpc) is 2.43. The molecule has 126 valence electrons. The Morgan fingerprint density at radius 2 is 1.74 bits per heavy atom. The number of amides is 3. The van der Waals surface area contributed by atoms with Crippen molar-refractivity contribution in [2.24, 2.45) is 0 Å². The summed E-state index contributed by atoms with van der Waals surface area (Å²) in [5.74, 6) is -0.954. The normalized spacial score (nSPS) is 12.2. The van der Waals surface area contributed by atoms with Gasteiger partial charge in [0.15, 0.2) is 0 Å². The number of hydrogen-bond donors (Lipinski definition) is 2. The van der Waals surface area contributed by atoms with Crippen molar-refractivity contribution in [1.29, 1.82) is 0 Å². The van der Waals surface area contributed by atoms with E-state index in [1.54, 1.807) is 39.8 Å². The van der Waals surface area contributed by atoms with Crippen molar-refractivity contribution in [3.8, 4) is 0 Å². The lowest BCUT2D eigenvalue weighted by molar-refractivity contribution is -0.131. The largest absolute Gasteiger partial charge is 0.444 e. The molecule has 0 saturated heterocycles. The van der Waals surface area contributed by atoms with Gasteiger partial charge in [0.25, 0.3) is 0 Å². The SMILES string of the molecule is CC[C@H](NC(=O)OC(C)(C)C)C(=O)NC(=O)Cc1ccccc1. The van der Waals surface area contributed by atoms with Crippen molar-refractivity contribution in [3.05, 3.63) is 35.9 Å². The van der Waals surface area contributed by atoms with Crippen LogP contribution in [0.25, 0.3) is 0 Å². The minimum Gasteiger partial charge on any atom is -0.444 e. The summed E-state index contributed by atoms with van der Waals surface area (Å²) in [6.45, 7) is 6.94. The third kappa shape index (κ3) is 7.44. The Morgan fingerprint density at radius 3 is 2.26 bits per heavy atom. The number of carbonyl (C=O) groups is 3. The average molecular weight is 320 g/mol. The number of hydrogen-bond acceptors (Lipinski definition) is 4. The first-order valence-corrected chi connectivity index (χ1v) is 7.58. The van der Waals surface area contributed by atoms with Gasteiger partial charge in [-0.2, -0.15) is 0 Å². The molecule has 0 aliphatic carbocycles. The molecule has 0 aliphatic rings. The molecule has 0 fully saturated rings. The second-order valence-electron chi connectivity index (χ2n) is 6.18. The zero-order valence-electron chi connectivity index (χ0n) is 14.0. The fourth-order valence-electron chi connectivity index (χ4n) is 1.85. The maximum Gasteiger partial charge on any atom is 0.408 e. The lowest BCUT2D eigenvalue weighted by Crippen LogP contribution is -2.49. The van der Waals surface area contributed by atoms with E-state index >= 15 is 0 Å². The van der Waals surface area contributed by atoms with Gasteiger partial charge in [-0.3, -0.25) is 14.9 Å². The highest BCUT2D eigenvalue weighted by atomic mass is 16.6. The van der Waals surface area contributed by atoms with Crippen molar-refractivity contribution in [2.75, 3.05) is 0 Å². The van der Waals surface area contributed by atoms with Gasteiger partial charge in [0.05, 0.1) is 6.42 Å². The summed E-state index contributed by atoms with van der Waals surface area (Å²) in [5.41, 5.74) is 0.160. The van der Waals surface area contributed by atoms with Crippen LogP contribution < -0.4 is 10.6 Å². The molecule has 0 bridgehead atoms. The molecule has 0 aliphatic heterocycles. The van der Waals surface area contributed by atoms with Crippen LogP contribution in [0.3, 0.4) is 0 Å². The molecule has 0 spiro atoms. The molecular weight excluding hydrogens is 296 g/mol. The first kappa shape index (κ1) is 18.7. The summed E-state index contributed by atoms with van der Waals surface area (Å²) in [4.78, 5) is 35.7. The van der Waals surface area contributed by atoms with Crippen LogP contribution in [0.15, 0.2) is 30.3 Å². The fourth-order valence-corrected chi connectivity index (χ4v) is 1.85. The van der Waals surface area contributed by atoms with Crippen LogP contribution in [0.5, 0.6) is 0 Å². The van der Waals surface area contributed by atoms with Gasteiger partial charge in [0, 0.05) is 0 Å². The van der Waals surface area contributed by atoms with Gasteiger partial charge < -0.3 is 10.1 Å². The molecule has 1 rings (SSSR count). The highest BCUT2D eigenvalue weighted by Gasteiger charge is 2.24. The first-order valence-electron chi connectivity index (χ1n) is 7.58. The first-order chi connectivity index (χ1) is 10.7. The predicted octanol–water partition coefficient (Wildman–Crippen LogP) is 2.18. The van der Waals surface area contributed by atoms with Crippen molar-refractivity contribution in [2.45, 2.75) is 52.2 Å². The molecule has 0 radical (unpaired) electrons. The fraction of sp³-hybridized carbons (Fsp3) is 0.471. The van der Waals surface area contributed by atoms with Gasteiger partial charge in [-0.25, -0.2) is 4.79 Å². The molecule has 1 aromatic carbocycles. The maximum atomic E-state index is 12.1. The minimum atomic E-state index is -0.815. The summed E-state index contributed by atoms with van der Waals surface area (Å²) in [6, 6.07) is 8.29. The molecule has 6 heteroatoms. The molecule has 1 aromatic rings. The topological polar surface area (TPSA) is 84.5 Å². The van der Waals surface area contributed by atoms with E-state index in [1.165, 1.54) is 0 Å². The van der Waals surface area contributed by atoms with Crippen LogP contribution >= 0.6 is 0 Å². The zero-order valence-corrected chi connectivity index (χ0v) is 14.0. The zero-order chi connectivity index (χ0) is 17.5. The van der Waals surface area contributed by atoms with Crippen molar-refractivity contribution >= 4 is 17.9 Å². The molecular formula is C17H24N2O4. The third-order valence-electron chi connectivity index (χ3n) is 2.89. The lowest BCUT2D eigenvalue weighted by Gasteiger charge is -2.22. The van der Waals surface area contributed by atoms with Crippen LogP contribution in [0.4, 0.5) is 4.79 Å². The second kappa shape index (κ2) is 8.31. The minimum absolute atomic E-state index is 0.107. The number of ether oxygens (including phenoxy) is 1. The summed E-state index contributed by atoms with van der Waals surface area (Å²) in [7, 11) is 0. The smallest absolute Gasteiger partial charge is 0.408 e. The molecule has 1 atom stereocenters. The van der Waals surface area contributed by atoms with Crippen molar-refractivity contribution < 1.29 is 19.1 Å². The van der Waals surface area contributed by atoms with E-state index in [1.807, 2.05) is 18.2 Å². The highest BCUT2D eigenvalue weighted by molar-refractivity contribution is 5.99.